The number of carbonyl (C=O) groups excluding carboxylic acids is 1. The van der Waals surface area contributed by atoms with E-state index in [1.165, 1.54) is 13.1 Å². The van der Waals surface area contributed by atoms with E-state index >= 15 is 0 Å². The summed E-state index contributed by atoms with van der Waals surface area (Å²) in [4.78, 5) is 37.4. The second-order valence-electron chi connectivity index (χ2n) is 5.75. The van der Waals surface area contributed by atoms with Gasteiger partial charge in [-0.05, 0) is 18.3 Å². The van der Waals surface area contributed by atoms with Crippen LogP contribution in [0.25, 0.3) is 0 Å². The molecule has 0 aliphatic heterocycles. The second kappa shape index (κ2) is 4.92. The second-order valence-corrected chi connectivity index (χ2v) is 5.75. The van der Waals surface area contributed by atoms with Gasteiger partial charge in [0.05, 0.1) is 5.56 Å². The summed E-state index contributed by atoms with van der Waals surface area (Å²) in [5, 5.41) is 0. The number of Topliss-reactive ketones (excluding diaryl/α,β-unsaturated/α-hetero) is 1. The molecule has 0 aliphatic carbocycles. The van der Waals surface area contributed by atoms with Gasteiger partial charge < -0.3 is 4.98 Å². The van der Waals surface area contributed by atoms with Crippen LogP contribution >= 0.6 is 0 Å². The lowest BCUT2D eigenvalue weighted by molar-refractivity contribution is 0.101. The lowest BCUT2D eigenvalue weighted by atomic mass is 9.82. The van der Waals surface area contributed by atoms with Gasteiger partial charge in [-0.3, -0.25) is 14.2 Å². The molecule has 1 aromatic heterocycles. The molecule has 0 amide bonds. The highest BCUT2D eigenvalue weighted by molar-refractivity contribution is 5.93. The highest BCUT2D eigenvalue weighted by Gasteiger charge is 2.22. The van der Waals surface area contributed by atoms with Gasteiger partial charge in [-0.15, -0.1) is 0 Å². The zero-order valence-corrected chi connectivity index (χ0v) is 11.5. The first-order valence-electron chi connectivity index (χ1n) is 5.98. The van der Waals surface area contributed by atoms with Crippen LogP contribution in [-0.4, -0.2) is 15.3 Å². The molecule has 0 bridgehead atoms. The summed E-state index contributed by atoms with van der Waals surface area (Å²) in [5.74, 6) is -0.202. The molecule has 5 heteroatoms. The molecular formula is C13H20N2O3. The van der Waals surface area contributed by atoms with Crippen molar-refractivity contribution in [1.82, 2.24) is 9.55 Å². The summed E-state index contributed by atoms with van der Waals surface area (Å²) in [6.07, 6.45) is 1.19. The Bertz CT molecular complexity index is 561. The smallest absolute Gasteiger partial charge is 0.313 e. The number of nitrogens with zero attached hydrogens (tertiary/aromatic N) is 1. The maximum absolute atomic E-state index is 12.0. The predicted molar refractivity (Wildman–Crippen MR) is 69.9 cm³/mol. The third-order valence-corrected chi connectivity index (χ3v) is 3.37. The van der Waals surface area contributed by atoms with E-state index in [1.54, 1.807) is 0 Å². The van der Waals surface area contributed by atoms with Crippen molar-refractivity contribution >= 4 is 5.78 Å². The van der Waals surface area contributed by atoms with Crippen molar-refractivity contribution in [3.63, 3.8) is 0 Å². The lowest BCUT2D eigenvalue weighted by Crippen LogP contribution is -2.40. The molecule has 1 rings (SSSR count). The third-order valence-electron chi connectivity index (χ3n) is 3.37. The molecule has 18 heavy (non-hydrogen) atoms. The van der Waals surface area contributed by atoms with Crippen LogP contribution in [0.5, 0.6) is 0 Å². The van der Waals surface area contributed by atoms with Crippen molar-refractivity contribution in [3.05, 3.63) is 32.6 Å². The molecule has 0 saturated carbocycles. The Morgan fingerprint density at radius 1 is 1.39 bits per heavy atom. The zero-order chi connectivity index (χ0) is 14.1. The van der Waals surface area contributed by atoms with Crippen LogP contribution in [0, 0.1) is 11.3 Å². The van der Waals surface area contributed by atoms with E-state index in [0.29, 0.717) is 6.54 Å². The summed E-state index contributed by atoms with van der Waals surface area (Å²) < 4.78 is 1.10. The normalized spacial score (nSPS) is 13.4. The van der Waals surface area contributed by atoms with E-state index < -0.39 is 11.2 Å². The summed E-state index contributed by atoms with van der Waals surface area (Å²) in [7, 11) is 0. The Labute approximate surface area is 106 Å². The van der Waals surface area contributed by atoms with E-state index in [9.17, 15) is 14.4 Å². The van der Waals surface area contributed by atoms with Crippen LogP contribution in [0.2, 0.25) is 0 Å². The molecular weight excluding hydrogens is 232 g/mol. The van der Waals surface area contributed by atoms with Crippen LogP contribution in [0.3, 0.4) is 0 Å². The fraction of sp³-hybridized carbons (Fsp3) is 0.615. The Balaban J connectivity index is 3.26. The number of carbonyl (C=O) groups is 1. The molecule has 0 fully saturated rings. The number of hydrogen-bond donors (Lipinski definition) is 1. The maximum atomic E-state index is 12.0. The number of aromatic nitrogens is 2. The summed E-state index contributed by atoms with van der Waals surface area (Å²) in [6.45, 7) is 9.74. The van der Waals surface area contributed by atoms with E-state index in [-0.39, 0.29) is 22.7 Å². The molecule has 1 heterocycles. The van der Waals surface area contributed by atoms with Gasteiger partial charge in [0.25, 0.3) is 5.56 Å². The highest BCUT2D eigenvalue weighted by atomic mass is 16.2. The molecule has 5 nitrogen and oxygen atoms in total. The van der Waals surface area contributed by atoms with Gasteiger partial charge in [0, 0.05) is 12.7 Å². The third kappa shape index (κ3) is 2.97. The van der Waals surface area contributed by atoms with Gasteiger partial charge >= 0.3 is 5.69 Å². The Morgan fingerprint density at radius 2 is 1.94 bits per heavy atom. The van der Waals surface area contributed by atoms with E-state index in [2.05, 4.69) is 4.98 Å². The molecule has 1 N–H and O–H groups in total. The number of nitrogens with one attached hydrogen (secondary N) is 1. The fourth-order valence-electron chi connectivity index (χ4n) is 1.48. The summed E-state index contributed by atoms with van der Waals surface area (Å²) >= 11 is 0. The molecule has 0 aliphatic rings. The minimum Gasteiger partial charge on any atom is -0.313 e. The number of aromatic amines is 1. The van der Waals surface area contributed by atoms with Crippen LogP contribution in [0.1, 0.15) is 45.0 Å². The van der Waals surface area contributed by atoms with Gasteiger partial charge in [-0.2, -0.15) is 0 Å². The minimum absolute atomic E-state index is 0.0158. The molecule has 1 aromatic rings. The molecule has 0 radical (unpaired) electrons. The van der Waals surface area contributed by atoms with Crippen LogP contribution < -0.4 is 11.2 Å². The van der Waals surface area contributed by atoms with Gasteiger partial charge in [0.1, 0.15) is 0 Å². The van der Waals surface area contributed by atoms with Crippen molar-refractivity contribution in [3.8, 4) is 0 Å². The average molecular weight is 252 g/mol. The first-order chi connectivity index (χ1) is 8.14. The molecule has 0 aromatic carbocycles. The average Bonchev–Trinajstić information content (AvgIpc) is 2.21. The lowest BCUT2D eigenvalue weighted by Gasteiger charge is -2.27. The zero-order valence-electron chi connectivity index (χ0n) is 11.5. The molecule has 0 saturated heterocycles. The standard InChI is InChI=1S/C13H20N2O3/c1-8(13(3,4)5)7-15-11(17)10(9(2)16)6-14-12(15)18/h6,8H,7H2,1-5H3,(H,14,18). The Morgan fingerprint density at radius 3 is 2.39 bits per heavy atom. The number of rotatable bonds is 3. The van der Waals surface area contributed by atoms with Gasteiger partial charge in [-0.1, -0.05) is 27.7 Å². The van der Waals surface area contributed by atoms with E-state index in [4.69, 9.17) is 0 Å². The van der Waals surface area contributed by atoms with Crippen molar-refractivity contribution in [2.75, 3.05) is 0 Å². The number of H-pyrrole nitrogens is 1. The van der Waals surface area contributed by atoms with E-state index in [0.717, 1.165) is 4.57 Å². The number of ketones is 1. The maximum Gasteiger partial charge on any atom is 0.328 e. The van der Waals surface area contributed by atoms with Crippen molar-refractivity contribution < 1.29 is 4.79 Å². The van der Waals surface area contributed by atoms with E-state index in [1.807, 2.05) is 27.7 Å². The Hall–Kier alpha value is -1.65. The molecule has 1 atom stereocenters. The molecule has 1 unspecified atom stereocenters. The van der Waals surface area contributed by atoms with Crippen LogP contribution in [0.15, 0.2) is 15.8 Å². The monoisotopic (exact) mass is 252 g/mol. The van der Waals surface area contributed by atoms with Gasteiger partial charge in [-0.25, -0.2) is 4.79 Å². The summed E-state index contributed by atoms with van der Waals surface area (Å²) in [5.41, 5.74) is -0.975. The van der Waals surface area contributed by atoms with Crippen molar-refractivity contribution in [2.45, 2.75) is 41.2 Å². The SMILES string of the molecule is CC(=O)c1c[nH]c(=O)n(CC(C)C(C)(C)C)c1=O. The first-order valence-corrected chi connectivity index (χ1v) is 5.98. The largest absolute Gasteiger partial charge is 0.328 e. The topological polar surface area (TPSA) is 71.9 Å². The van der Waals surface area contributed by atoms with Gasteiger partial charge in [0.15, 0.2) is 5.78 Å². The van der Waals surface area contributed by atoms with Crippen LogP contribution in [-0.2, 0) is 6.54 Å². The van der Waals surface area contributed by atoms with Gasteiger partial charge in [0.2, 0.25) is 0 Å². The van der Waals surface area contributed by atoms with Crippen molar-refractivity contribution in [1.29, 1.82) is 0 Å². The molecule has 0 spiro atoms. The quantitative estimate of drug-likeness (QED) is 0.827. The first kappa shape index (κ1) is 14.4. The van der Waals surface area contributed by atoms with Crippen LogP contribution in [0.4, 0.5) is 0 Å². The molecule has 100 valence electrons. The minimum atomic E-state index is -0.512. The highest BCUT2D eigenvalue weighted by Crippen LogP contribution is 2.25. The number of hydrogen-bond acceptors (Lipinski definition) is 3. The Kier molecular flexibility index (Phi) is 3.94. The van der Waals surface area contributed by atoms with Crippen molar-refractivity contribution in [2.24, 2.45) is 11.3 Å². The summed E-state index contributed by atoms with van der Waals surface area (Å²) in [6, 6.07) is 0. The predicted octanol–water partition coefficient (Wildman–Crippen LogP) is 1.42. The fourth-order valence-corrected chi connectivity index (χ4v) is 1.48.